The standard InChI is InChI=1S/C22H20N6O3/c23-21(30)17-8-10-18(11-9-17)22-24-26-28(25-22)15-20(29)27(14-19-7-4-12-31-19)13-16-5-2-1-3-6-16/h1-12H,13-15H2,(H2,23,30). The van der Waals surface area contributed by atoms with Gasteiger partial charge in [0.25, 0.3) is 0 Å². The van der Waals surface area contributed by atoms with Gasteiger partial charge in [0, 0.05) is 17.7 Å². The van der Waals surface area contributed by atoms with Crippen LogP contribution >= 0.6 is 0 Å². The maximum Gasteiger partial charge on any atom is 0.248 e. The zero-order valence-electron chi connectivity index (χ0n) is 16.6. The summed E-state index contributed by atoms with van der Waals surface area (Å²) in [7, 11) is 0. The van der Waals surface area contributed by atoms with Crippen molar-refractivity contribution in [2.24, 2.45) is 5.73 Å². The van der Waals surface area contributed by atoms with Gasteiger partial charge in [0.1, 0.15) is 12.3 Å². The third-order valence-corrected chi connectivity index (χ3v) is 4.65. The first-order chi connectivity index (χ1) is 15.1. The van der Waals surface area contributed by atoms with Crippen molar-refractivity contribution in [1.82, 2.24) is 25.1 Å². The van der Waals surface area contributed by atoms with E-state index < -0.39 is 5.91 Å². The molecule has 4 rings (SSSR count). The maximum absolute atomic E-state index is 13.0. The van der Waals surface area contributed by atoms with Gasteiger partial charge in [-0.2, -0.15) is 4.80 Å². The molecule has 2 N–H and O–H groups in total. The number of hydrogen-bond donors (Lipinski definition) is 1. The van der Waals surface area contributed by atoms with E-state index in [9.17, 15) is 9.59 Å². The molecule has 156 valence electrons. The summed E-state index contributed by atoms with van der Waals surface area (Å²) in [4.78, 5) is 27.2. The third-order valence-electron chi connectivity index (χ3n) is 4.65. The van der Waals surface area contributed by atoms with E-state index >= 15 is 0 Å². The normalized spacial score (nSPS) is 10.7. The average molecular weight is 416 g/mol. The van der Waals surface area contributed by atoms with Crippen molar-refractivity contribution >= 4 is 11.8 Å². The largest absolute Gasteiger partial charge is 0.467 e. The predicted molar refractivity (Wildman–Crippen MR) is 111 cm³/mol. The average Bonchev–Trinajstić information content (AvgIpc) is 3.46. The molecule has 0 bridgehead atoms. The topological polar surface area (TPSA) is 120 Å². The van der Waals surface area contributed by atoms with Crippen LogP contribution in [0.2, 0.25) is 0 Å². The van der Waals surface area contributed by atoms with E-state index in [1.165, 1.54) is 4.80 Å². The fourth-order valence-electron chi connectivity index (χ4n) is 3.06. The van der Waals surface area contributed by atoms with Gasteiger partial charge >= 0.3 is 0 Å². The molecule has 0 atom stereocenters. The van der Waals surface area contributed by atoms with Gasteiger partial charge in [-0.25, -0.2) is 0 Å². The first-order valence-corrected chi connectivity index (χ1v) is 9.60. The fraction of sp³-hybridized carbons (Fsp3) is 0.136. The molecule has 0 spiro atoms. The fourth-order valence-corrected chi connectivity index (χ4v) is 3.06. The molecule has 2 heterocycles. The number of primary amides is 1. The lowest BCUT2D eigenvalue weighted by atomic mass is 10.1. The number of tetrazole rings is 1. The Morgan fingerprint density at radius 3 is 2.42 bits per heavy atom. The highest BCUT2D eigenvalue weighted by Gasteiger charge is 2.18. The summed E-state index contributed by atoms with van der Waals surface area (Å²) < 4.78 is 5.41. The molecule has 0 saturated carbocycles. The van der Waals surface area contributed by atoms with Gasteiger partial charge < -0.3 is 15.1 Å². The summed E-state index contributed by atoms with van der Waals surface area (Å²) in [5.74, 6) is 0.354. The Labute approximate surface area is 178 Å². The van der Waals surface area contributed by atoms with E-state index in [-0.39, 0.29) is 12.5 Å². The molecule has 0 aliphatic carbocycles. The minimum Gasteiger partial charge on any atom is -0.467 e. The number of carbonyl (C=O) groups excluding carboxylic acids is 2. The highest BCUT2D eigenvalue weighted by atomic mass is 16.3. The minimum atomic E-state index is -0.510. The third kappa shape index (κ3) is 5.02. The zero-order valence-corrected chi connectivity index (χ0v) is 16.6. The molecule has 0 unspecified atom stereocenters. The molecule has 0 aliphatic heterocycles. The Bertz CT molecular complexity index is 1150. The summed E-state index contributed by atoms with van der Waals surface area (Å²) in [6.07, 6.45) is 1.58. The quantitative estimate of drug-likeness (QED) is 0.470. The van der Waals surface area contributed by atoms with E-state index in [1.54, 1.807) is 41.5 Å². The molecule has 9 heteroatoms. The smallest absolute Gasteiger partial charge is 0.248 e. The van der Waals surface area contributed by atoms with Crippen LogP contribution in [-0.4, -0.2) is 36.9 Å². The molecule has 9 nitrogen and oxygen atoms in total. The SMILES string of the molecule is NC(=O)c1ccc(-c2nnn(CC(=O)N(Cc3ccccc3)Cc3ccco3)n2)cc1. The lowest BCUT2D eigenvalue weighted by Gasteiger charge is -2.21. The van der Waals surface area contributed by atoms with E-state index in [0.29, 0.717) is 35.8 Å². The van der Waals surface area contributed by atoms with E-state index in [0.717, 1.165) is 5.56 Å². The van der Waals surface area contributed by atoms with E-state index in [2.05, 4.69) is 15.4 Å². The van der Waals surface area contributed by atoms with Crippen LogP contribution in [0, 0.1) is 0 Å². The van der Waals surface area contributed by atoms with Crippen LogP contribution in [-0.2, 0) is 24.4 Å². The van der Waals surface area contributed by atoms with Crippen LogP contribution in [0.4, 0.5) is 0 Å². The number of hydrogen-bond acceptors (Lipinski definition) is 6. The Hall–Kier alpha value is -4.27. The van der Waals surface area contributed by atoms with Gasteiger partial charge in [0.05, 0.1) is 12.8 Å². The molecular weight excluding hydrogens is 396 g/mol. The van der Waals surface area contributed by atoms with E-state index in [4.69, 9.17) is 10.2 Å². The zero-order chi connectivity index (χ0) is 21.6. The summed E-state index contributed by atoms with van der Waals surface area (Å²) in [6, 6.07) is 19.9. The summed E-state index contributed by atoms with van der Waals surface area (Å²) >= 11 is 0. The van der Waals surface area contributed by atoms with E-state index in [1.807, 2.05) is 36.4 Å². The van der Waals surface area contributed by atoms with Gasteiger partial charge in [0.15, 0.2) is 0 Å². The van der Waals surface area contributed by atoms with Crippen molar-refractivity contribution in [2.45, 2.75) is 19.6 Å². The number of nitrogens with two attached hydrogens (primary N) is 1. The summed E-state index contributed by atoms with van der Waals surface area (Å²) in [6.45, 7) is 0.688. The number of rotatable bonds is 8. The van der Waals surface area contributed by atoms with Crippen LogP contribution in [0.3, 0.4) is 0 Å². The van der Waals surface area contributed by atoms with Crippen LogP contribution in [0.15, 0.2) is 77.4 Å². The monoisotopic (exact) mass is 416 g/mol. The number of furan rings is 1. The number of carbonyl (C=O) groups is 2. The Morgan fingerprint density at radius 2 is 1.74 bits per heavy atom. The second-order valence-electron chi connectivity index (χ2n) is 6.90. The summed E-state index contributed by atoms with van der Waals surface area (Å²) in [5.41, 5.74) is 7.32. The molecule has 0 saturated heterocycles. The molecule has 2 amide bonds. The van der Waals surface area contributed by atoms with Crippen molar-refractivity contribution in [3.63, 3.8) is 0 Å². The Morgan fingerprint density at radius 1 is 0.968 bits per heavy atom. The van der Waals surface area contributed by atoms with Gasteiger partial charge in [-0.05, 0) is 35.0 Å². The van der Waals surface area contributed by atoms with Crippen molar-refractivity contribution in [1.29, 1.82) is 0 Å². The maximum atomic E-state index is 13.0. The first kappa shape index (κ1) is 20.0. The van der Waals surface area contributed by atoms with Crippen molar-refractivity contribution < 1.29 is 14.0 Å². The molecule has 2 aromatic heterocycles. The second kappa shape index (κ2) is 9.04. The van der Waals surface area contributed by atoms with Crippen LogP contribution < -0.4 is 5.73 Å². The first-order valence-electron chi connectivity index (χ1n) is 9.60. The Kier molecular flexibility index (Phi) is 5.84. The molecular formula is C22H20N6O3. The number of nitrogens with zero attached hydrogens (tertiary/aromatic N) is 5. The van der Waals surface area contributed by atoms with Gasteiger partial charge in [0.2, 0.25) is 17.6 Å². The van der Waals surface area contributed by atoms with Gasteiger partial charge in [-0.15, -0.1) is 10.2 Å². The lowest BCUT2D eigenvalue weighted by molar-refractivity contribution is -0.133. The highest BCUT2D eigenvalue weighted by molar-refractivity contribution is 5.93. The van der Waals surface area contributed by atoms with Crippen LogP contribution in [0.25, 0.3) is 11.4 Å². The molecule has 4 aromatic rings. The predicted octanol–water partition coefficient (Wildman–Crippen LogP) is 2.26. The highest BCUT2D eigenvalue weighted by Crippen LogP contribution is 2.15. The lowest BCUT2D eigenvalue weighted by Crippen LogP contribution is -2.33. The van der Waals surface area contributed by atoms with Crippen molar-refractivity contribution in [3.05, 3.63) is 89.9 Å². The van der Waals surface area contributed by atoms with Crippen LogP contribution in [0.1, 0.15) is 21.7 Å². The number of amides is 2. The molecule has 31 heavy (non-hydrogen) atoms. The number of aromatic nitrogens is 4. The van der Waals surface area contributed by atoms with Crippen LogP contribution in [0.5, 0.6) is 0 Å². The van der Waals surface area contributed by atoms with Gasteiger partial charge in [-0.1, -0.05) is 42.5 Å². The van der Waals surface area contributed by atoms with Gasteiger partial charge in [-0.3, -0.25) is 9.59 Å². The molecule has 2 aromatic carbocycles. The minimum absolute atomic E-state index is 0.0695. The molecule has 0 fully saturated rings. The number of benzene rings is 2. The van der Waals surface area contributed by atoms with Crippen molar-refractivity contribution in [3.8, 4) is 11.4 Å². The molecule has 0 aliphatic rings. The Balaban J connectivity index is 1.48. The summed E-state index contributed by atoms with van der Waals surface area (Å²) in [5, 5.41) is 12.3. The second-order valence-corrected chi connectivity index (χ2v) is 6.90. The van der Waals surface area contributed by atoms with Crippen molar-refractivity contribution in [2.75, 3.05) is 0 Å². The molecule has 0 radical (unpaired) electrons.